The fraction of sp³-hybridized carbons (Fsp3) is 0.591. The standard InChI is InChI=1S/C22H34N4O4/c1-4-6-7-14-23-20(27)17-12-15-26(16-13-17)21(28)24-18-8-10-19(11-9-18)25(3)22(29)30-5-2/h8-11,17H,4-7,12-16H2,1-3H3,(H,23,27)(H,24,28). The van der Waals surface area contributed by atoms with Crippen LogP contribution in [0.15, 0.2) is 24.3 Å². The number of likely N-dealkylation sites (tertiary alicyclic amines) is 1. The van der Waals surface area contributed by atoms with Gasteiger partial charge in [-0.15, -0.1) is 0 Å². The van der Waals surface area contributed by atoms with Crippen molar-refractivity contribution in [3.05, 3.63) is 24.3 Å². The van der Waals surface area contributed by atoms with Crippen LogP contribution in [-0.2, 0) is 9.53 Å². The van der Waals surface area contributed by atoms with Gasteiger partial charge in [0.1, 0.15) is 0 Å². The number of hydrogen-bond acceptors (Lipinski definition) is 4. The average Bonchev–Trinajstić information content (AvgIpc) is 2.77. The van der Waals surface area contributed by atoms with E-state index in [9.17, 15) is 14.4 Å². The smallest absolute Gasteiger partial charge is 0.413 e. The molecule has 8 nitrogen and oxygen atoms in total. The van der Waals surface area contributed by atoms with Gasteiger partial charge in [0, 0.05) is 44.0 Å². The summed E-state index contributed by atoms with van der Waals surface area (Å²) in [7, 11) is 1.63. The number of rotatable bonds is 8. The molecule has 0 atom stereocenters. The van der Waals surface area contributed by atoms with Gasteiger partial charge in [0.2, 0.25) is 5.91 Å². The predicted molar refractivity (Wildman–Crippen MR) is 118 cm³/mol. The van der Waals surface area contributed by atoms with Gasteiger partial charge in [-0.3, -0.25) is 9.69 Å². The fourth-order valence-corrected chi connectivity index (χ4v) is 3.37. The Morgan fingerprint density at radius 1 is 1.10 bits per heavy atom. The molecule has 1 aromatic carbocycles. The van der Waals surface area contributed by atoms with Gasteiger partial charge in [0.25, 0.3) is 0 Å². The molecule has 166 valence electrons. The van der Waals surface area contributed by atoms with Gasteiger partial charge >= 0.3 is 12.1 Å². The van der Waals surface area contributed by atoms with Gasteiger partial charge < -0.3 is 20.3 Å². The summed E-state index contributed by atoms with van der Waals surface area (Å²) in [6.45, 7) is 6.06. The number of benzene rings is 1. The summed E-state index contributed by atoms with van der Waals surface area (Å²) >= 11 is 0. The molecule has 2 N–H and O–H groups in total. The third-order valence-corrected chi connectivity index (χ3v) is 5.28. The van der Waals surface area contributed by atoms with E-state index in [0.29, 0.717) is 43.9 Å². The average molecular weight is 419 g/mol. The van der Waals surface area contributed by atoms with Gasteiger partial charge in [-0.1, -0.05) is 19.8 Å². The highest BCUT2D eigenvalue weighted by molar-refractivity contribution is 5.91. The summed E-state index contributed by atoms with van der Waals surface area (Å²) in [4.78, 5) is 39.7. The Balaban J connectivity index is 1.78. The van der Waals surface area contributed by atoms with Crippen LogP contribution in [0.2, 0.25) is 0 Å². The SMILES string of the molecule is CCCCCNC(=O)C1CCN(C(=O)Nc2ccc(N(C)C(=O)OCC)cc2)CC1. The first kappa shape index (κ1) is 23.5. The van der Waals surface area contributed by atoms with Crippen LogP contribution >= 0.6 is 0 Å². The largest absolute Gasteiger partial charge is 0.449 e. The zero-order valence-corrected chi connectivity index (χ0v) is 18.3. The monoisotopic (exact) mass is 418 g/mol. The van der Waals surface area contributed by atoms with Crippen molar-refractivity contribution in [2.24, 2.45) is 5.92 Å². The Hall–Kier alpha value is -2.77. The summed E-state index contributed by atoms with van der Waals surface area (Å²) in [5.41, 5.74) is 1.33. The van der Waals surface area contributed by atoms with Crippen LogP contribution in [0.4, 0.5) is 21.0 Å². The van der Waals surface area contributed by atoms with Crippen molar-refractivity contribution in [3.63, 3.8) is 0 Å². The van der Waals surface area contributed by atoms with Gasteiger partial charge in [0.15, 0.2) is 0 Å². The van der Waals surface area contributed by atoms with Crippen molar-refractivity contribution in [2.75, 3.05) is 43.5 Å². The molecule has 8 heteroatoms. The van der Waals surface area contributed by atoms with Crippen molar-refractivity contribution >= 4 is 29.4 Å². The summed E-state index contributed by atoms with van der Waals surface area (Å²) in [6, 6.07) is 6.82. The fourth-order valence-electron chi connectivity index (χ4n) is 3.37. The van der Waals surface area contributed by atoms with Crippen LogP contribution in [0.1, 0.15) is 46.0 Å². The lowest BCUT2D eigenvalue weighted by molar-refractivity contribution is -0.126. The zero-order valence-electron chi connectivity index (χ0n) is 18.3. The first-order valence-corrected chi connectivity index (χ1v) is 10.8. The number of hydrogen-bond donors (Lipinski definition) is 2. The van der Waals surface area contributed by atoms with Crippen molar-refractivity contribution in [2.45, 2.75) is 46.0 Å². The molecule has 0 bridgehead atoms. The Labute approximate surface area is 178 Å². The zero-order chi connectivity index (χ0) is 21.9. The molecule has 0 aromatic heterocycles. The van der Waals surface area contributed by atoms with Crippen LogP contribution in [0.25, 0.3) is 0 Å². The second-order valence-corrected chi connectivity index (χ2v) is 7.49. The summed E-state index contributed by atoms with van der Waals surface area (Å²) in [5.74, 6) is 0.0841. The molecule has 0 unspecified atom stereocenters. The number of piperidine rings is 1. The van der Waals surface area contributed by atoms with Crippen LogP contribution in [0.5, 0.6) is 0 Å². The molecule has 1 aliphatic rings. The number of anilines is 2. The van der Waals surface area contributed by atoms with Crippen molar-refractivity contribution in [3.8, 4) is 0 Å². The second-order valence-electron chi connectivity index (χ2n) is 7.49. The van der Waals surface area contributed by atoms with E-state index in [1.54, 1.807) is 43.1 Å². The maximum Gasteiger partial charge on any atom is 0.413 e. The first-order valence-electron chi connectivity index (χ1n) is 10.8. The lowest BCUT2D eigenvalue weighted by Gasteiger charge is -2.31. The quantitative estimate of drug-likeness (QED) is 0.628. The van der Waals surface area contributed by atoms with E-state index in [-0.39, 0.29) is 17.9 Å². The molecule has 4 amide bonds. The normalized spacial score (nSPS) is 14.2. The molecule has 1 aliphatic heterocycles. The molecule has 0 radical (unpaired) electrons. The number of amides is 4. The Bertz CT molecular complexity index is 700. The molecule has 1 aromatic rings. The Kier molecular flexibility index (Phi) is 9.44. The molecule has 0 aliphatic carbocycles. The third-order valence-electron chi connectivity index (χ3n) is 5.28. The highest BCUT2D eigenvalue weighted by atomic mass is 16.6. The molecule has 1 saturated heterocycles. The molecule has 1 heterocycles. The lowest BCUT2D eigenvalue weighted by Crippen LogP contribution is -2.44. The molecular weight excluding hydrogens is 384 g/mol. The van der Waals surface area contributed by atoms with Crippen LogP contribution in [0, 0.1) is 5.92 Å². The minimum Gasteiger partial charge on any atom is -0.449 e. The van der Waals surface area contributed by atoms with Gasteiger partial charge in [-0.05, 0) is 50.5 Å². The van der Waals surface area contributed by atoms with Crippen LogP contribution in [-0.4, -0.2) is 56.2 Å². The lowest BCUT2D eigenvalue weighted by atomic mass is 9.96. The molecule has 1 fully saturated rings. The highest BCUT2D eigenvalue weighted by Gasteiger charge is 2.27. The second kappa shape index (κ2) is 12.0. The van der Waals surface area contributed by atoms with Gasteiger partial charge in [-0.25, -0.2) is 9.59 Å². The van der Waals surface area contributed by atoms with Crippen molar-refractivity contribution in [1.82, 2.24) is 10.2 Å². The van der Waals surface area contributed by atoms with Gasteiger partial charge in [-0.2, -0.15) is 0 Å². The van der Waals surface area contributed by atoms with E-state index >= 15 is 0 Å². The minimum absolute atomic E-state index is 0.0200. The van der Waals surface area contributed by atoms with Crippen molar-refractivity contribution < 1.29 is 19.1 Å². The summed E-state index contributed by atoms with van der Waals surface area (Å²) in [6.07, 6.45) is 4.20. The maximum atomic E-state index is 12.5. The number of unbranched alkanes of at least 4 members (excludes halogenated alkanes) is 2. The molecular formula is C22H34N4O4. The van der Waals surface area contributed by atoms with Crippen LogP contribution < -0.4 is 15.5 Å². The predicted octanol–water partition coefficient (Wildman–Crippen LogP) is 3.83. The number of ether oxygens (including phenoxy) is 1. The first-order chi connectivity index (χ1) is 14.5. The molecule has 0 saturated carbocycles. The van der Waals surface area contributed by atoms with E-state index in [4.69, 9.17) is 4.74 Å². The van der Waals surface area contributed by atoms with E-state index in [1.807, 2.05) is 0 Å². The summed E-state index contributed by atoms with van der Waals surface area (Å²) in [5, 5.41) is 5.88. The van der Waals surface area contributed by atoms with E-state index in [0.717, 1.165) is 25.8 Å². The minimum atomic E-state index is -0.424. The number of nitrogens with one attached hydrogen (secondary N) is 2. The van der Waals surface area contributed by atoms with Gasteiger partial charge in [0.05, 0.1) is 6.61 Å². The number of urea groups is 1. The van der Waals surface area contributed by atoms with Crippen molar-refractivity contribution in [1.29, 1.82) is 0 Å². The maximum absolute atomic E-state index is 12.5. The summed E-state index contributed by atoms with van der Waals surface area (Å²) < 4.78 is 4.97. The van der Waals surface area contributed by atoms with E-state index in [1.165, 1.54) is 4.90 Å². The van der Waals surface area contributed by atoms with E-state index in [2.05, 4.69) is 17.6 Å². The van der Waals surface area contributed by atoms with Crippen LogP contribution in [0.3, 0.4) is 0 Å². The third kappa shape index (κ3) is 6.93. The molecule has 2 rings (SSSR count). The Morgan fingerprint density at radius 2 is 1.77 bits per heavy atom. The Morgan fingerprint density at radius 3 is 2.37 bits per heavy atom. The molecule has 30 heavy (non-hydrogen) atoms. The van der Waals surface area contributed by atoms with E-state index < -0.39 is 6.09 Å². The number of carbonyl (C=O) groups excluding carboxylic acids is 3. The number of nitrogens with zero attached hydrogens (tertiary/aromatic N) is 2. The topological polar surface area (TPSA) is 91.0 Å². The highest BCUT2D eigenvalue weighted by Crippen LogP contribution is 2.20. The molecule has 0 spiro atoms. The number of carbonyl (C=O) groups is 3.